The third-order valence-corrected chi connectivity index (χ3v) is 4.74. The van der Waals surface area contributed by atoms with Crippen molar-refractivity contribution in [1.82, 2.24) is 5.32 Å². The van der Waals surface area contributed by atoms with E-state index in [-0.39, 0.29) is 18.1 Å². The van der Waals surface area contributed by atoms with E-state index < -0.39 is 9.84 Å². The first-order valence-electron chi connectivity index (χ1n) is 7.18. The Balaban J connectivity index is 1.96. The molecule has 0 aliphatic rings. The molecule has 120 valence electrons. The summed E-state index contributed by atoms with van der Waals surface area (Å²) in [4.78, 5) is 11.9. The summed E-state index contributed by atoms with van der Waals surface area (Å²) < 4.78 is 27.6. The highest BCUT2D eigenvalue weighted by Gasteiger charge is 2.12. The Bertz CT molecular complexity index is 790. The highest BCUT2D eigenvalue weighted by molar-refractivity contribution is 7.90. The van der Waals surface area contributed by atoms with Crippen molar-refractivity contribution >= 4 is 26.7 Å². The molecule has 1 amide bonds. The van der Waals surface area contributed by atoms with E-state index in [1.54, 1.807) is 6.26 Å². The van der Waals surface area contributed by atoms with Crippen LogP contribution in [0.25, 0.3) is 11.0 Å². The lowest BCUT2D eigenvalue weighted by Gasteiger charge is -2.04. The number of hydrogen-bond donors (Lipinski definition) is 1. The lowest BCUT2D eigenvalue weighted by Crippen LogP contribution is -2.27. The second-order valence-corrected chi connectivity index (χ2v) is 7.91. The van der Waals surface area contributed by atoms with Gasteiger partial charge in [0.25, 0.3) is 0 Å². The van der Waals surface area contributed by atoms with Crippen LogP contribution in [0.1, 0.15) is 23.1 Å². The van der Waals surface area contributed by atoms with Gasteiger partial charge in [0, 0.05) is 23.8 Å². The first-order valence-corrected chi connectivity index (χ1v) is 9.24. The van der Waals surface area contributed by atoms with Gasteiger partial charge in [0.15, 0.2) is 0 Å². The molecule has 0 bridgehead atoms. The van der Waals surface area contributed by atoms with Gasteiger partial charge in [-0.1, -0.05) is 12.1 Å². The van der Waals surface area contributed by atoms with E-state index in [1.807, 2.05) is 26.0 Å². The van der Waals surface area contributed by atoms with Crippen molar-refractivity contribution in [1.29, 1.82) is 0 Å². The van der Waals surface area contributed by atoms with E-state index >= 15 is 0 Å². The summed E-state index contributed by atoms with van der Waals surface area (Å²) in [6.07, 6.45) is 3.47. The van der Waals surface area contributed by atoms with Crippen LogP contribution in [-0.2, 0) is 21.1 Å². The summed E-state index contributed by atoms with van der Waals surface area (Å²) in [5.74, 6) is -0.0464. The third kappa shape index (κ3) is 4.10. The van der Waals surface area contributed by atoms with Crippen molar-refractivity contribution in [2.75, 3.05) is 18.6 Å². The lowest BCUT2D eigenvalue weighted by atomic mass is 10.0. The molecule has 0 atom stereocenters. The molecule has 0 spiro atoms. The number of sulfone groups is 1. The monoisotopic (exact) mass is 323 g/mol. The molecule has 0 aliphatic heterocycles. The molecule has 1 aromatic heterocycles. The van der Waals surface area contributed by atoms with Gasteiger partial charge in [0.2, 0.25) is 5.91 Å². The van der Waals surface area contributed by atoms with Crippen molar-refractivity contribution in [3.63, 3.8) is 0 Å². The van der Waals surface area contributed by atoms with Gasteiger partial charge in [0.05, 0.1) is 18.4 Å². The molecule has 0 saturated carbocycles. The van der Waals surface area contributed by atoms with E-state index in [4.69, 9.17) is 4.42 Å². The molecule has 2 aromatic rings. The molecule has 2 rings (SSSR count). The number of fused-ring (bicyclic) bond motifs is 1. The Kier molecular flexibility index (Phi) is 4.90. The number of benzene rings is 1. The molecule has 5 nitrogen and oxygen atoms in total. The third-order valence-electron chi connectivity index (χ3n) is 3.71. The van der Waals surface area contributed by atoms with E-state index in [0.29, 0.717) is 13.0 Å². The van der Waals surface area contributed by atoms with Crippen molar-refractivity contribution in [2.24, 2.45) is 0 Å². The number of nitrogens with one attached hydrogen (secondary N) is 1. The zero-order chi connectivity index (χ0) is 16.3. The molecule has 0 aliphatic carbocycles. The number of furan rings is 1. The van der Waals surface area contributed by atoms with Gasteiger partial charge in [0.1, 0.15) is 15.4 Å². The summed E-state index contributed by atoms with van der Waals surface area (Å²) >= 11 is 0. The maximum atomic E-state index is 11.9. The summed E-state index contributed by atoms with van der Waals surface area (Å²) in [6, 6.07) is 3.98. The van der Waals surface area contributed by atoms with Crippen LogP contribution in [-0.4, -0.2) is 32.9 Å². The van der Waals surface area contributed by atoms with E-state index in [9.17, 15) is 13.2 Å². The van der Waals surface area contributed by atoms with Crippen LogP contribution in [0.3, 0.4) is 0 Å². The zero-order valence-electron chi connectivity index (χ0n) is 13.1. The Hall–Kier alpha value is -1.82. The Morgan fingerprint density at radius 1 is 1.27 bits per heavy atom. The van der Waals surface area contributed by atoms with Crippen LogP contribution in [0.5, 0.6) is 0 Å². The summed E-state index contributed by atoms with van der Waals surface area (Å²) in [7, 11) is -2.98. The Labute approximate surface area is 130 Å². The largest absolute Gasteiger partial charge is 0.464 e. The number of carbonyl (C=O) groups excluding carboxylic acids is 1. The highest BCUT2D eigenvalue weighted by atomic mass is 32.2. The van der Waals surface area contributed by atoms with Gasteiger partial charge in [-0.3, -0.25) is 4.79 Å². The van der Waals surface area contributed by atoms with E-state index in [1.165, 1.54) is 6.26 Å². The van der Waals surface area contributed by atoms with E-state index in [0.717, 1.165) is 27.7 Å². The number of aryl methyl sites for hydroxylation is 2. The van der Waals surface area contributed by atoms with Crippen LogP contribution < -0.4 is 5.32 Å². The minimum absolute atomic E-state index is 0.0837. The first-order chi connectivity index (χ1) is 10.3. The van der Waals surface area contributed by atoms with Gasteiger partial charge in [-0.05, 0) is 31.4 Å². The van der Waals surface area contributed by atoms with Gasteiger partial charge < -0.3 is 9.73 Å². The molecule has 0 saturated heterocycles. The second-order valence-electron chi connectivity index (χ2n) is 5.66. The second kappa shape index (κ2) is 6.52. The Morgan fingerprint density at radius 2 is 2.00 bits per heavy atom. The van der Waals surface area contributed by atoms with Crippen molar-refractivity contribution in [3.8, 4) is 0 Å². The number of carbonyl (C=O) groups is 1. The summed E-state index contributed by atoms with van der Waals surface area (Å²) in [5.41, 5.74) is 3.90. The predicted molar refractivity (Wildman–Crippen MR) is 86.7 cm³/mol. The van der Waals surface area contributed by atoms with Gasteiger partial charge >= 0.3 is 0 Å². The maximum absolute atomic E-state index is 11.9. The van der Waals surface area contributed by atoms with Crippen LogP contribution in [0.15, 0.2) is 22.8 Å². The van der Waals surface area contributed by atoms with Gasteiger partial charge in [-0.25, -0.2) is 8.42 Å². The number of amides is 1. The van der Waals surface area contributed by atoms with Gasteiger partial charge in [-0.2, -0.15) is 0 Å². The molecule has 1 N–H and O–H groups in total. The van der Waals surface area contributed by atoms with Gasteiger partial charge in [-0.15, -0.1) is 0 Å². The fourth-order valence-electron chi connectivity index (χ4n) is 2.32. The molecular weight excluding hydrogens is 302 g/mol. The Morgan fingerprint density at radius 3 is 2.68 bits per heavy atom. The van der Waals surface area contributed by atoms with Crippen LogP contribution >= 0.6 is 0 Å². The lowest BCUT2D eigenvalue weighted by molar-refractivity contribution is -0.120. The smallest absolute Gasteiger partial charge is 0.224 e. The standard InChI is InChI=1S/C16H21NO4S/c1-11-5-6-14-13(10-21-16(14)12(11)2)9-15(18)17-7-4-8-22(3,19)20/h5-6,10H,4,7-9H2,1-3H3,(H,17,18). The molecule has 1 aromatic carbocycles. The van der Waals surface area contributed by atoms with Crippen molar-refractivity contribution < 1.29 is 17.6 Å². The molecule has 6 heteroatoms. The van der Waals surface area contributed by atoms with Crippen LogP contribution in [0.4, 0.5) is 0 Å². The topological polar surface area (TPSA) is 76.4 Å². The average Bonchev–Trinajstić information content (AvgIpc) is 2.82. The highest BCUT2D eigenvalue weighted by Crippen LogP contribution is 2.26. The molecular formula is C16H21NO4S. The normalized spacial score (nSPS) is 11.8. The minimum atomic E-state index is -2.98. The minimum Gasteiger partial charge on any atom is -0.464 e. The molecule has 1 heterocycles. The average molecular weight is 323 g/mol. The SMILES string of the molecule is Cc1ccc2c(CC(=O)NCCCS(C)(=O)=O)coc2c1C. The molecule has 0 unspecified atom stereocenters. The maximum Gasteiger partial charge on any atom is 0.224 e. The van der Waals surface area contributed by atoms with Crippen molar-refractivity contribution in [2.45, 2.75) is 26.7 Å². The molecule has 22 heavy (non-hydrogen) atoms. The fraction of sp³-hybridized carbons (Fsp3) is 0.438. The number of hydrogen-bond acceptors (Lipinski definition) is 4. The first kappa shape index (κ1) is 16.5. The summed E-state index contributed by atoms with van der Waals surface area (Å²) in [5, 5.41) is 3.69. The van der Waals surface area contributed by atoms with Crippen LogP contribution in [0.2, 0.25) is 0 Å². The summed E-state index contributed by atoms with van der Waals surface area (Å²) in [6.45, 7) is 4.38. The zero-order valence-corrected chi connectivity index (χ0v) is 13.9. The molecule has 0 fully saturated rings. The molecule has 0 radical (unpaired) electrons. The predicted octanol–water partition coefficient (Wildman–Crippen LogP) is 2.14. The van der Waals surface area contributed by atoms with Crippen LogP contribution in [0, 0.1) is 13.8 Å². The fourth-order valence-corrected chi connectivity index (χ4v) is 2.99. The quantitative estimate of drug-likeness (QED) is 0.826. The van der Waals surface area contributed by atoms with Crippen molar-refractivity contribution in [3.05, 3.63) is 35.1 Å². The number of rotatable bonds is 6. The van der Waals surface area contributed by atoms with E-state index in [2.05, 4.69) is 5.32 Å².